The maximum Gasteiger partial charge on any atom is 0.264 e. The molecule has 1 amide bonds. The minimum absolute atomic E-state index is 0.0464. The summed E-state index contributed by atoms with van der Waals surface area (Å²) in [5.41, 5.74) is 3.89. The van der Waals surface area contributed by atoms with Crippen molar-refractivity contribution in [2.45, 2.75) is 45.4 Å². The Kier molecular flexibility index (Phi) is 4.84. The monoisotopic (exact) mass is 375 g/mol. The molecule has 0 spiro atoms. The van der Waals surface area contributed by atoms with E-state index >= 15 is 0 Å². The summed E-state index contributed by atoms with van der Waals surface area (Å²) in [4.78, 5) is 17.7. The fourth-order valence-electron chi connectivity index (χ4n) is 3.44. The molecule has 3 rings (SSSR count). The SMILES string of the molecule is Cc1ccc(NS(=O)(=O)c2c(C)[nH]c(C)c2C(=O)N2CCCC2)cc1C. The van der Waals surface area contributed by atoms with E-state index in [0.29, 0.717) is 30.2 Å². The second kappa shape index (κ2) is 6.79. The molecule has 7 heteroatoms. The van der Waals surface area contributed by atoms with Crippen LogP contribution in [0, 0.1) is 27.7 Å². The quantitative estimate of drug-likeness (QED) is 0.860. The third-order valence-electron chi connectivity index (χ3n) is 4.95. The molecule has 1 aromatic carbocycles. The second-order valence-electron chi connectivity index (χ2n) is 6.98. The van der Waals surface area contributed by atoms with Gasteiger partial charge in [0.25, 0.3) is 15.9 Å². The fraction of sp³-hybridized carbons (Fsp3) is 0.421. The number of carbonyl (C=O) groups is 1. The van der Waals surface area contributed by atoms with Crippen LogP contribution in [0.25, 0.3) is 0 Å². The molecular formula is C19H25N3O3S. The van der Waals surface area contributed by atoms with E-state index < -0.39 is 10.0 Å². The molecular weight excluding hydrogens is 350 g/mol. The van der Waals surface area contributed by atoms with Crippen molar-refractivity contribution in [1.29, 1.82) is 0 Å². The Bertz CT molecular complexity index is 955. The molecule has 0 aliphatic carbocycles. The highest BCUT2D eigenvalue weighted by Gasteiger charge is 2.32. The summed E-state index contributed by atoms with van der Waals surface area (Å²) in [6.45, 7) is 8.68. The number of nitrogens with one attached hydrogen (secondary N) is 2. The maximum atomic E-state index is 13.1. The summed E-state index contributed by atoms with van der Waals surface area (Å²) >= 11 is 0. The van der Waals surface area contributed by atoms with E-state index in [0.717, 1.165) is 24.0 Å². The Labute approximate surface area is 154 Å². The van der Waals surface area contributed by atoms with E-state index in [9.17, 15) is 13.2 Å². The minimum Gasteiger partial charge on any atom is -0.361 e. The zero-order valence-corrected chi connectivity index (χ0v) is 16.5. The first-order valence-electron chi connectivity index (χ1n) is 8.79. The topological polar surface area (TPSA) is 82.3 Å². The van der Waals surface area contributed by atoms with Crippen molar-refractivity contribution in [3.8, 4) is 0 Å². The van der Waals surface area contributed by atoms with Gasteiger partial charge in [-0.25, -0.2) is 8.42 Å². The van der Waals surface area contributed by atoms with E-state index in [1.165, 1.54) is 0 Å². The van der Waals surface area contributed by atoms with Gasteiger partial charge in [-0.3, -0.25) is 9.52 Å². The van der Waals surface area contributed by atoms with Crippen LogP contribution in [-0.4, -0.2) is 37.3 Å². The molecule has 26 heavy (non-hydrogen) atoms. The Morgan fingerprint density at radius 2 is 1.69 bits per heavy atom. The van der Waals surface area contributed by atoms with Crippen LogP contribution in [0.1, 0.15) is 45.7 Å². The number of H-pyrrole nitrogens is 1. The van der Waals surface area contributed by atoms with Crippen LogP contribution in [-0.2, 0) is 10.0 Å². The normalized spacial score (nSPS) is 14.7. The molecule has 2 heterocycles. The number of nitrogens with zero attached hydrogens (tertiary/aromatic N) is 1. The second-order valence-corrected chi connectivity index (χ2v) is 8.60. The van der Waals surface area contributed by atoms with Gasteiger partial charge in [0.15, 0.2) is 0 Å². The van der Waals surface area contributed by atoms with Gasteiger partial charge >= 0.3 is 0 Å². The Balaban J connectivity index is 2.01. The largest absolute Gasteiger partial charge is 0.361 e. The number of amides is 1. The van der Waals surface area contributed by atoms with E-state index in [1.54, 1.807) is 30.9 Å². The lowest BCUT2D eigenvalue weighted by molar-refractivity contribution is 0.0788. The molecule has 1 aliphatic rings. The number of aryl methyl sites for hydroxylation is 4. The average Bonchev–Trinajstić information content (AvgIpc) is 3.18. The van der Waals surface area contributed by atoms with Crippen molar-refractivity contribution in [2.75, 3.05) is 17.8 Å². The number of sulfonamides is 1. The van der Waals surface area contributed by atoms with Gasteiger partial charge in [-0.1, -0.05) is 6.07 Å². The van der Waals surface area contributed by atoms with Gasteiger partial charge in [0.2, 0.25) is 0 Å². The highest BCUT2D eigenvalue weighted by atomic mass is 32.2. The number of aromatic nitrogens is 1. The van der Waals surface area contributed by atoms with Crippen molar-refractivity contribution in [3.63, 3.8) is 0 Å². The molecule has 1 aromatic heterocycles. The Hall–Kier alpha value is -2.28. The number of benzene rings is 1. The zero-order chi connectivity index (χ0) is 19.1. The summed E-state index contributed by atoms with van der Waals surface area (Å²) in [6, 6.07) is 5.40. The first kappa shape index (κ1) is 18.5. The van der Waals surface area contributed by atoms with Gasteiger partial charge < -0.3 is 9.88 Å². The van der Waals surface area contributed by atoms with E-state index in [2.05, 4.69) is 9.71 Å². The number of likely N-dealkylation sites (tertiary alicyclic amines) is 1. The van der Waals surface area contributed by atoms with Gasteiger partial charge in [0, 0.05) is 30.2 Å². The summed E-state index contributed by atoms with van der Waals surface area (Å²) in [5, 5.41) is 0. The third-order valence-corrected chi connectivity index (χ3v) is 6.50. The van der Waals surface area contributed by atoms with Crippen LogP contribution >= 0.6 is 0 Å². The molecule has 0 unspecified atom stereocenters. The summed E-state index contributed by atoms with van der Waals surface area (Å²) in [5.74, 6) is -0.218. The van der Waals surface area contributed by atoms with Crippen molar-refractivity contribution >= 4 is 21.6 Å². The molecule has 0 saturated carbocycles. The van der Waals surface area contributed by atoms with Gasteiger partial charge in [0.05, 0.1) is 5.56 Å². The summed E-state index contributed by atoms with van der Waals surface area (Å²) < 4.78 is 28.8. The molecule has 0 bridgehead atoms. The van der Waals surface area contributed by atoms with E-state index in [4.69, 9.17) is 0 Å². The highest BCUT2D eigenvalue weighted by Crippen LogP contribution is 2.28. The van der Waals surface area contributed by atoms with Gasteiger partial charge in [-0.05, 0) is 63.8 Å². The van der Waals surface area contributed by atoms with Gasteiger partial charge in [-0.2, -0.15) is 0 Å². The fourth-order valence-corrected chi connectivity index (χ4v) is 4.94. The number of rotatable bonds is 4. The Morgan fingerprint density at radius 1 is 1.04 bits per heavy atom. The van der Waals surface area contributed by atoms with Crippen molar-refractivity contribution < 1.29 is 13.2 Å². The number of hydrogen-bond donors (Lipinski definition) is 2. The zero-order valence-electron chi connectivity index (χ0n) is 15.6. The first-order valence-corrected chi connectivity index (χ1v) is 10.3. The number of carbonyl (C=O) groups excluding carboxylic acids is 1. The predicted octanol–water partition coefficient (Wildman–Crippen LogP) is 3.29. The lowest BCUT2D eigenvalue weighted by Crippen LogP contribution is -2.29. The molecule has 6 nitrogen and oxygen atoms in total. The highest BCUT2D eigenvalue weighted by molar-refractivity contribution is 7.92. The lowest BCUT2D eigenvalue weighted by Gasteiger charge is -2.17. The van der Waals surface area contributed by atoms with Crippen LogP contribution in [0.2, 0.25) is 0 Å². The molecule has 0 radical (unpaired) electrons. The smallest absolute Gasteiger partial charge is 0.264 e. The molecule has 140 valence electrons. The van der Waals surface area contributed by atoms with Crippen LogP contribution in [0.4, 0.5) is 5.69 Å². The maximum absolute atomic E-state index is 13.1. The van der Waals surface area contributed by atoms with E-state index in [-0.39, 0.29) is 16.4 Å². The third kappa shape index (κ3) is 3.35. The minimum atomic E-state index is -3.89. The van der Waals surface area contributed by atoms with Crippen LogP contribution in [0.3, 0.4) is 0 Å². The lowest BCUT2D eigenvalue weighted by atomic mass is 10.1. The number of hydrogen-bond acceptors (Lipinski definition) is 3. The van der Waals surface area contributed by atoms with Crippen LogP contribution in [0.15, 0.2) is 23.1 Å². The van der Waals surface area contributed by atoms with Crippen molar-refractivity contribution in [3.05, 3.63) is 46.3 Å². The molecule has 1 fully saturated rings. The standard InChI is InChI=1S/C19H25N3O3S/c1-12-7-8-16(11-13(12)2)21-26(24,25)18-15(4)20-14(3)17(18)19(23)22-9-5-6-10-22/h7-8,11,20-21H,5-6,9-10H2,1-4H3. The van der Waals surface area contributed by atoms with Crippen LogP contribution < -0.4 is 4.72 Å². The number of aromatic amines is 1. The number of anilines is 1. The Morgan fingerprint density at radius 3 is 2.31 bits per heavy atom. The van der Waals surface area contributed by atoms with Crippen molar-refractivity contribution in [1.82, 2.24) is 9.88 Å². The first-order chi connectivity index (χ1) is 12.2. The van der Waals surface area contributed by atoms with Crippen molar-refractivity contribution in [2.24, 2.45) is 0 Å². The summed E-state index contributed by atoms with van der Waals surface area (Å²) in [6.07, 6.45) is 1.91. The average molecular weight is 375 g/mol. The molecule has 2 aromatic rings. The van der Waals surface area contributed by atoms with E-state index in [1.807, 2.05) is 19.9 Å². The predicted molar refractivity (Wildman–Crippen MR) is 102 cm³/mol. The molecule has 0 atom stereocenters. The van der Waals surface area contributed by atoms with Gasteiger partial charge in [-0.15, -0.1) is 0 Å². The van der Waals surface area contributed by atoms with Crippen LogP contribution in [0.5, 0.6) is 0 Å². The molecule has 1 aliphatic heterocycles. The summed E-state index contributed by atoms with van der Waals surface area (Å²) in [7, 11) is -3.89. The molecule has 1 saturated heterocycles. The van der Waals surface area contributed by atoms with Gasteiger partial charge in [0.1, 0.15) is 4.90 Å². The molecule has 2 N–H and O–H groups in total.